The lowest BCUT2D eigenvalue weighted by Crippen LogP contribution is -2.37. The van der Waals surface area contributed by atoms with Crippen molar-refractivity contribution in [2.45, 2.75) is 26.2 Å². The Labute approximate surface area is 192 Å². The van der Waals surface area contributed by atoms with Gasteiger partial charge in [0, 0.05) is 5.56 Å². The number of benzene rings is 2. The van der Waals surface area contributed by atoms with Gasteiger partial charge in [-0.05, 0) is 47.4 Å². The fraction of sp³-hybridized carbons (Fsp3) is 0.318. The summed E-state index contributed by atoms with van der Waals surface area (Å²) >= 11 is 1.20. The number of rotatable bonds is 7. The summed E-state index contributed by atoms with van der Waals surface area (Å²) in [7, 11) is -2.08. The first kappa shape index (κ1) is 23.7. The van der Waals surface area contributed by atoms with Crippen LogP contribution in [0.1, 0.15) is 26.3 Å². The molecule has 0 fully saturated rings. The third-order valence-electron chi connectivity index (χ3n) is 4.72. The highest BCUT2D eigenvalue weighted by Crippen LogP contribution is 2.28. The molecule has 1 amide bonds. The number of sulfonamides is 1. The Bertz CT molecular complexity index is 1180. The van der Waals surface area contributed by atoms with Crippen LogP contribution in [0.2, 0.25) is 0 Å². The Morgan fingerprint density at radius 3 is 2.22 bits per heavy atom. The second kappa shape index (κ2) is 9.25. The molecule has 1 aromatic heterocycles. The highest BCUT2D eigenvalue weighted by atomic mass is 32.2. The molecule has 0 unspecified atom stereocenters. The first-order chi connectivity index (χ1) is 15.0. The van der Waals surface area contributed by atoms with E-state index in [-0.39, 0.29) is 17.1 Å². The smallest absolute Gasteiger partial charge is 0.246 e. The first-order valence-electron chi connectivity index (χ1n) is 9.83. The molecule has 0 spiro atoms. The number of carbonyl (C=O) groups excluding carboxylic acids is 1. The second-order valence-electron chi connectivity index (χ2n) is 8.26. The molecule has 1 heterocycles. The van der Waals surface area contributed by atoms with Gasteiger partial charge in [-0.15, -0.1) is 10.2 Å². The van der Waals surface area contributed by atoms with Crippen LogP contribution >= 0.6 is 11.3 Å². The average Bonchev–Trinajstić information content (AvgIpc) is 3.19. The highest BCUT2D eigenvalue weighted by Gasteiger charge is 2.23. The average molecular weight is 475 g/mol. The maximum atomic E-state index is 12.6. The van der Waals surface area contributed by atoms with Crippen LogP contribution in [0.4, 0.5) is 10.8 Å². The Hall–Kier alpha value is -2.98. The third-order valence-corrected chi connectivity index (χ3v) is 6.75. The topological polar surface area (TPSA) is 101 Å². The number of nitrogens with zero attached hydrogens (tertiary/aromatic N) is 3. The number of hydrogen-bond donors (Lipinski definition) is 1. The van der Waals surface area contributed by atoms with E-state index in [2.05, 4.69) is 36.3 Å². The van der Waals surface area contributed by atoms with Gasteiger partial charge in [-0.1, -0.05) is 44.2 Å². The maximum Gasteiger partial charge on any atom is 0.246 e. The van der Waals surface area contributed by atoms with E-state index >= 15 is 0 Å². The molecule has 3 aromatic rings. The van der Waals surface area contributed by atoms with E-state index in [0.717, 1.165) is 27.4 Å². The third kappa shape index (κ3) is 5.83. The van der Waals surface area contributed by atoms with Gasteiger partial charge in [-0.25, -0.2) is 8.42 Å². The number of amides is 1. The molecule has 8 nitrogen and oxygen atoms in total. The van der Waals surface area contributed by atoms with Gasteiger partial charge in [-0.3, -0.25) is 14.4 Å². The molecule has 0 atom stereocenters. The minimum absolute atomic E-state index is 0.0642. The molecule has 1 N–H and O–H groups in total. The van der Waals surface area contributed by atoms with Crippen LogP contribution in [0.3, 0.4) is 0 Å². The van der Waals surface area contributed by atoms with Gasteiger partial charge >= 0.3 is 0 Å². The number of aromatic nitrogens is 2. The normalized spacial score (nSPS) is 11.8. The van der Waals surface area contributed by atoms with Gasteiger partial charge < -0.3 is 4.74 Å². The molecule has 0 aliphatic carbocycles. The molecule has 0 aliphatic rings. The number of carbonyl (C=O) groups is 1. The van der Waals surface area contributed by atoms with Crippen LogP contribution in [0.5, 0.6) is 5.75 Å². The van der Waals surface area contributed by atoms with Gasteiger partial charge in [0.1, 0.15) is 17.3 Å². The molecule has 0 aliphatic heterocycles. The monoisotopic (exact) mass is 474 g/mol. The predicted molar refractivity (Wildman–Crippen MR) is 128 cm³/mol. The van der Waals surface area contributed by atoms with Crippen LogP contribution in [-0.4, -0.2) is 44.4 Å². The van der Waals surface area contributed by atoms with E-state index in [9.17, 15) is 13.2 Å². The molecule has 10 heteroatoms. The lowest BCUT2D eigenvalue weighted by atomic mass is 9.87. The molecule has 32 heavy (non-hydrogen) atoms. The zero-order valence-electron chi connectivity index (χ0n) is 18.6. The Kier molecular flexibility index (Phi) is 6.85. The zero-order chi connectivity index (χ0) is 23.5. The Morgan fingerprint density at radius 2 is 1.69 bits per heavy atom. The molecule has 0 saturated carbocycles. The zero-order valence-corrected chi connectivity index (χ0v) is 20.3. The summed E-state index contributed by atoms with van der Waals surface area (Å²) in [4.78, 5) is 12.6. The van der Waals surface area contributed by atoms with Crippen LogP contribution < -0.4 is 14.4 Å². The lowest BCUT2D eigenvalue weighted by molar-refractivity contribution is -0.114. The number of ether oxygens (including phenoxy) is 1. The fourth-order valence-electron chi connectivity index (χ4n) is 2.94. The minimum Gasteiger partial charge on any atom is -0.497 e. The molecular formula is C22H26N4O4S2. The number of nitrogens with one attached hydrogen (secondary N) is 1. The maximum absolute atomic E-state index is 12.6. The van der Waals surface area contributed by atoms with E-state index in [1.165, 1.54) is 11.3 Å². The number of methoxy groups -OCH3 is 1. The van der Waals surface area contributed by atoms with Crippen LogP contribution in [-0.2, 0) is 20.2 Å². The van der Waals surface area contributed by atoms with E-state index in [1.807, 2.05) is 36.4 Å². The van der Waals surface area contributed by atoms with Crippen LogP contribution in [0, 0.1) is 0 Å². The molecule has 0 bridgehead atoms. The summed E-state index contributed by atoms with van der Waals surface area (Å²) in [5.74, 6) is 0.218. The largest absolute Gasteiger partial charge is 0.497 e. The standard InChI is InChI=1S/C22H26N4O4S2/c1-22(2,3)16-8-10-17(11-9-16)26(32(5,28)29)14-19(27)23-21-25-24-20(31-21)15-6-12-18(30-4)13-7-15/h6-13H,14H2,1-5H3,(H,23,25,27). The van der Waals surface area contributed by atoms with E-state index < -0.39 is 15.9 Å². The van der Waals surface area contributed by atoms with E-state index in [0.29, 0.717) is 10.7 Å². The van der Waals surface area contributed by atoms with Crippen molar-refractivity contribution in [3.8, 4) is 16.3 Å². The molecule has 2 aromatic carbocycles. The predicted octanol–water partition coefficient (Wildman–Crippen LogP) is 3.92. The summed E-state index contributed by atoms with van der Waals surface area (Å²) in [5.41, 5.74) is 2.26. The number of hydrogen-bond acceptors (Lipinski definition) is 7. The summed E-state index contributed by atoms with van der Waals surface area (Å²) in [6.07, 6.45) is 1.07. The number of anilines is 2. The van der Waals surface area contributed by atoms with Gasteiger partial charge in [-0.2, -0.15) is 0 Å². The van der Waals surface area contributed by atoms with Gasteiger partial charge in [0.05, 0.1) is 19.1 Å². The second-order valence-corrected chi connectivity index (χ2v) is 11.1. The molecule has 3 rings (SSSR count). The minimum atomic E-state index is -3.67. The van der Waals surface area contributed by atoms with Crippen molar-refractivity contribution in [1.82, 2.24) is 10.2 Å². The van der Waals surface area contributed by atoms with Crippen molar-refractivity contribution >= 4 is 38.1 Å². The van der Waals surface area contributed by atoms with Crippen molar-refractivity contribution < 1.29 is 17.9 Å². The molecular weight excluding hydrogens is 448 g/mol. The first-order valence-corrected chi connectivity index (χ1v) is 12.5. The summed E-state index contributed by atoms with van der Waals surface area (Å²) in [5, 5.41) is 11.6. The van der Waals surface area contributed by atoms with Crippen molar-refractivity contribution in [2.75, 3.05) is 29.5 Å². The molecule has 170 valence electrons. The molecule has 0 saturated heterocycles. The van der Waals surface area contributed by atoms with Gasteiger partial charge in [0.15, 0.2) is 0 Å². The van der Waals surface area contributed by atoms with E-state index in [1.54, 1.807) is 19.2 Å². The quantitative estimate of drug-likeness (QED) is 0.557. The summed E-state index contributed by atoms with van der Waals surface area (Å²) < 4.78 is 30.9. The van der Waals surface area contributed by atoms with Gasteiger partial charge in [0.25, 0.3) is 0 Å². The molecule has 0 radical (unpaired) electrons. The van der Waals surface area contributed by atoms with Crippen molar-refractivity contribution in [3.63, 3.8) is 0 Å². The van der Waals surface area contributed by atoms with Gasteiger partial charge in [0.2, 0.25) is 21.1 Å². The highest BCUT2D eigenvalue weighted by molar-refractivity contribution is 7.92. The summed E-state index contributed by atoms with van der Waals surface area (Å²) in [6, 6.07) is 14.5. The van der Waals surface area contributed by atoms with E-state index in [4.69, 9.17) is 4.74 Å². The van der Waals surface area contributed by atoms with Crippen molar-refractivity contribution in [1.29, 1.82) is 0 Å². The lowest BCUT2D eigenvalue weighted by Gasteiger charge is -2.24. The van der Waals surface area contributed by atoms with Crippen molar-refractivity contribution in [3.05, 3.63) is 54.1 Å². The summed E-state index contributed by atoms with van der Waals surface area (Å²) in [6.45, 7) is 5.86. The SMILES string of the molecule is COc1ccc(-c2nnc(NC(=O)CN(c3ccc(C(C)(C)C)cc3)S(C)(=O)=O)s2)cc1. The fourth-order valence-corrected chi connectivity index (χ4v) is 4.56. The van der Waals surface area contributed by atoms with Crippen LogP contribution in [0.15, 0.2) is 48.5 Å². The van der Waals surface area contributed by atoms with Crippen molar-refractivity contribution in [2.24, 2.45) is 0 Å². The Balaban J connectivity index is 1.73. The Morgan fingerprint density at radius 1 is 1.06 bits per heavy atom. The van der Waals surface area contributed by atoms with Crippen LogP contribution in [0.25, 0.3) is 10.6 Å².